The normalized spacial score (nSPS) is 20.7. The summed E-state index contributed by atoms with van der Waals surface area (Å²) in [5.74, 6) is 1.74. The van der Waals surface area contributed by atoms with E-state index in [-0.39, 0.29) is 0 Å². The van der Waals surface area contributed by atoms with Crippen molar-refractivity contribution < 1.29 is 4.74 Å². The topological polar surface area (TPSA) is 21.3 Å². The van der Waals surface area contributed by atoms with Gasteiger partial charge in [-0.25, -0.2) is 0 Å². The molecular formula is C16H23NO. The molecule has 2 saturated carbocycles. The molecule has 3 rings (SSSR count). The number of rotatable bonds is 7. The zero-order chi connectivity index (χ0) is 12.4. The molecule has 1 N–H and O–H groups in total. The van der Waals surface area contributed by atoms with E-state index in [9.17, 15) is 0 Å². The van der Waals surface area contributed by atoms with Crippen LogP contribution >= 0.6 is 0 Å². The van der Waals surface area contributed by atoms with Crippen LogP contribution in [0.25, 0.3) is 0 Å². The highest BCUT2D eigenvalue weighted by Crippen LogP contribution is 2.27. The molecule has 0 aliphatic heterocycles. The van der Waals surface area contributed by atoms with Gasteiger partial charge in [0.25, 0.3) is 0 Å². The van der Waals surface area contributed by atoms with Gasteiger partial charge in [0.05, 0.1) is 6.10 Å². The Bertz CT molecular complexity index is 379. The van der Waals surface area contributed by atoms with Crippen molar-refractivity contribution in [3.8, 4) is 5.75 Å². The molecule has 0 amide bonds. The Labute approximate surface area is 110 Å². The van der Waals surface area contributed by atoms with Crippen molar-refractivity contribution in [3.63, 3.8) is 0 Å². The Morgan fingerprint density at radius 2 is 1.89 bits per heavy atom. The van der Waals surface area contributed by atoms with Gasteiger partial charge in [-0.05, 0) is 62.3 Å². The monoisotopic (exact) mass is 245 g/mol. The minimum absolute atomic E-state index is 0.498. The molecule has 2 heteroatoms. The van der Waals surface area contributed by atoms with Crippen molar-refractivity contribution in [2.24, 2.45) is 5.92 Å². The van der Waals surface area contributed by atoms with E-state index in [1.807, 2.05) is 0 Å². The van der Waals surface area contributed by atoms with E-state index in [4.69, 9.17) is 4.74 Å². The van der Waals surface area contributed by atoms with Gasteiger partial charge in [0.15, 0.2) is 0 Å². The van der Waals surface area contributed by atoms with Gasteiger partial charge >= 0.3 is 0 Å². The molecule has 2 nitrogen and oxygen atoms in total. The first-order valence-corrected chi connectivity index (χ1v) is 7.28. The minimum Gasteiger partial charge on any atom is -0.490 e. The Morgan fingerprint density at radius 3 is 2.50 bits per heavy atom. The van der Waals surface area contributed by atoms with Crippen molar-refractivity contribution in [3.05, 3.63) is 29.8 Å². The summed E-state index contributed by atoms with van der Waals surface area (Å²) in [6.07, 6.45) is 6.86. The standard InChI is InChI=1S/C16H23NO/c1-12(11-17-14-4-5-14)10-13-2-6-15(7-3-13)18-16-8-9-16/h2-3,6-7,12,14,16-17H,4-5,8-11H2,1H3. The van der Waals surface area contributed by atoms with Gasteiger partial charge < -0.3 is 10.1 Å². The molecule has 18 heavy (non-hydrogen) atoms. The molecule has 2 aliphatic rings. The minimum atomic E-state index is 0.498. The van der Waals surface area contributed by atoms with Crippen molar-refractivity contribution in [2.45, 2.75) is 51.2 Å². The summed E-state index contributed by atoms with van der Waals surface area (Å²) < 4.78 is 5.76. The van der Waals surface area contributed by atoms with Crippen molar-refractivity contribution >= 4 is 0 Å². The van der Waals surface area contributed by atoms with E-state index in [0.717, 1.165) is 24.8 Å². The Balaban J connectivity index is 1.45. The highest BCUT2D eigenvalue weighted by Gasteiger charge is 2.23. The smallest absolute Gasteiger partial charge is 0.119 e. The fraction of sp³-hybridized carbons (Fsp3) is 0.625. The molecule has 2 aliphatic carbocycles. The second-order valence-electron chi connectivity index (χ2n) is 5.95. The summed E-state index contributed by atoms with van der Waals surface area (Å²) >= 11 is 0. The van der Waals surface area contributed by atoms with Gasteiger partial charge in [-0.1, -0.05) is 19.1 Å². The second kappa shape index (κ2) is 5.31. The van der Waals surface area contributed by atoms with E-state index in [2.05, 4.69) is 36.5 Å². The predicted octanol–water partition coefficient (Wildman–Crippen LogP) is 3.16. The van der Waals surface area contributed by atoms with Gasteiger partial charge in [0.1, 0.15) is 5.75 Å². The summed E-state index contributed by atoms with van der Waals surface area (Å²) in [4.78, 5) is 0. The lowest BCUT2D eigenvalue weighted by atomic mass is 10.0. The number of hydrogen-bond acceptors (Lipinski definition) is 2. The molecule has 1 unspecified atom stereocenters. The van der Waals surface area contributed by atoms with E-state index < -0.39 is 0 Å². The number of benzene rings is 1. The third-order valence-corrected chi connectivity index (χ3v) is 3.67. The molecule has 0 aromatic heterocycles. The molecule has 1 atom stereocenters. The lowest BCUT2D eigenvalue weighted by Gasteiger charge is -2.13. The van der Waals surface area contributed by atoms with Gasteiger partial charge in [0, 0.05) is 6.04 Å². The second-order valence-corrected chi connectivity index (χ2v) is 5.95. The first kappa shape index (κ1) is 12.0. The SMILES string of the molecule is CC(CNC1CC1)Cc1ccc(OC2CC2)cc1. The van der Waals surface area contributed by atoms with E-state index in [1.54, 1.807) is 0 Å². The fourth-order valence-electron chi connectivity index (χ4n) is 2.21. The maximum Gasteiger partial charge on any atom is 0.119 e. The summed E-state index contributed by atoms with van der Waals surface area (Å²) in [5, 5.41) is 3.60. The third kappa shape index (κ3) is 3.74. The number of ether oxygens (including phenoxy) is 1. The maximum atomic E-state index is 5.76. The summed E-state index contributed by atoms with van der Waals surface area (Å²) in [5.41, 5.74) is 1.42. The Hall–Kier alpha value is -1.02. The lowest BCUT2D eigenvalue weighted by molar-refractivity contribution is 0.303. The highest BCUT2D eigenvalue weighted by molar-refractivity contribution is 5.28. The Morgan fingerprint density at radius 1 is 1.17 bits per heavy atom. The molecule has 2 fully saturated rings. The van der Waals surface area contributed by atoms with Crippen LogP contribution in [0.2, 0.25) is 0 Å². The fourth-order valence-corrected chi connectivity index (χ4v) is 2.21. The lowest BCUT2D eigenvalue weighted by Crippen LogP contribution is -2.24. The zero-order valence-corrected chi connectivity index (χ0v) is 11.2. The molecule has 0 spiro atoms. The van der Waals surface area contributed by atoms with E-state index in [1.165, 1.54) is 31.2 Å². The van der Waals surface area contributed by atoms with Crippen LogP contribution in [0.3, 0.4) is 0 Å². The number of hydrogen-bond donors (Lipinski definition) is 1. The third-order valence-electron chi connectivity index (χ3n) is 3.67. The van der Waals surface area contributed by atoms with Crippen LogP contribution in [0, 0.1) is 5.92 Å². The molecule has 0 radical (unpaired) electrons. The van der Waals surface area contributed by atoms with Crippen LogP contribution in [-0.2, 0) is 6.42 Å². The molecule has 0 saturated heterocycles. The number of nitrogens with one attached hydrogen (secondary N) is 1. The average molecular weight is 245 g/mol. The summed E-state index contributed by atoms with van der Waals surface area (Å²) in [6, 6.07) is 9.49. The summed E-state index contributed by atoms with van der Waals surface area (Å²) in [7, 11) is 0. The highest BCUT2D eigenvalue weighted by atomic mass is 16.5. The van der Waals surface area contributed by atoms with Crippen molar-refractivity contribution in [1.29, 1.82) is 0 Å². The molecule has 1 aromatic carbocycles. The first-order valence-electron chi connectivity index (χ1n) is 7.28. The van der Waals surface area contributed by atoms with Gasteiger partial charge in [-0.3, -0.25) is 0 Å². The van der Waals surface area contributed by atoms with Crippen LogP contribution in [0.4, 0.5) is 0 Å². The molecule has 0 bridgehead atoms. The van der Waals surface area contributed by atoms with Crippen LogP contribution in [0.15, 0.2) is 24.3 Å². The van der Waals surface area contributed by atoms with Gasteiger partial charge in [-0.15, -0.1) is 0 Å². The Kier molecular flexibility index (Phi) is 3.55. The average Bonchev–Trinajstić information content (AvgIpc) is 3.24. The van der Waals surface area contributed by atoms with Crippen LogP contribution < -0.4 is 10.1 Å². The van der Waals surface area contributed by atoms with Gasteiger partial charge in [0.2, 0.25) is 0 Å². The maximum absolute atomic E-state index is 5.76. The van der Waals surface area contributed by atoms with Crippen LogP contribution in [-0.4, -0.2) is 18.7 Å². The van der Waals surface area contributed by atoms with Crippen molar-refractivity contribution in [1.82, 2.24) is 5.32 Å². The van der Waals surface area contributed by atoms with Gasteiger partial charge in [-0.2, -0.15) is 0 Å². The van der Waals surface area contributed by atoms with Crippen LogP contribution in [0.1, 0.15) is 38.2 Å². The van der Waals surface area contributed by atoms with Crippen LogP contribution in [0.5, 0.6) is 5.75 Å². The predicted molar refractivity (Wildman–Crippen MR) is 74.0 cm³/mol. The molecule has 1 aromatic rings. The molecule has 98 valence electrons. The molecular weight excluding hydrogens is 222 g/mol. The zero-order valence-electron chi connectivity index (χ0n) is 11.2. The summed E-state index contributed by atoms with van der Waals surface area (Å²) in [6.45, 7) is 3.47. The van der Waals surface area contributed by atoms with Crippen molar-refractivity contribution in [2.75, 3.05) is 6.54 Å². The van der Waals surface area contributed by atoms with E-state index in [0.29, 0.717) is 12.0 Å². The van der Waals surface area contributed by atoms with E-state index >= 15 is 0 Å². The first-order chi connectivity index (χ1) is 8.79. The quantitative estimate of drug-likeness (QED) is 0.796. The largest absolute Gasteiger partial charge is 0.490 e. The molecule has 0 heterocycles.